The molecule has 2 aliphatic heterocycles. The van der Waals surface area contributed by atoms with Gasteiger partial charge in [-0.3, -0.25) is 14.4 Å². The summed E-state index contributed by atoms with van der Waals surface area (Å²) >= 11 is 0. The van der Waals surface area contributed by atoms with E-state index in [0.717, 1.165) is 31.3 Å². The van der Waals surface area contributed by atoms with E-state index in [-0.39, 0.29) is 36.5 Å². The molecule has 1 spiro atoms. The second kappa shape index (κ2) is 14.8. The fourth-order valence-electron chi connectivity index (χ4n) is 10.7. The Bertz CT molecular complexity index is 1370. The molecule has 6 rings (SSSR count). The maximum absolute atomic E-state index is 13.2. The number of hydrogen-bond donors (Lipinski definition) is 6. The molecule has 0 aromatic rings. The highest BCUT2D eigenvalue weighted by molar-refractivity contribution is 5.71. The Labute approximate surface area is 303 Å². The summed E-state index contributed by atoms with van der Waals surface area (Å²) < 4.78 is 35.5. The number of ether oxygens (including phenoxy) is 6. The van der Waals surface area contributed by atoms with E-state index in [0.29, 0.717) is 12.8 Å². The number of aliphatic carboxylic acids is 1. The van der Waals surface area contributed by atoms with E-state index in [9.17, 15) is 45.0 Å². The van der Waals surface area contributed by atoms with Gasteiger partial charge in [0.1, 0.15) is 36.6 Å². The van der Waals surface area contributed by atoms with Gasteiger partial charge in [-0.2, -0.15) is 0 Å². The van der Waals surface area contributed by atoms with Gasteiger partial charge in [0.2, 0.25) is 0 Å². The van der Waals surface area contributed by atoms with Gasteiger partial charge in [-0.1, -0.05) is 27.4 Å². The third kappa shape index (κ3) is 6.94. The SMILES string of the molecule is C=C1[C@@H]2CC[C@@H]3[C@@](CCC4[C@H](C(=O)O)C[C@@H](O[C@@H]5O[C@H](COC(C)=O)[C@@H](O)[C@H](O[C@@H]6OC[C@](O)(CO)[C@H]6O)[C@H]5OC(=O)CC(C)C)C[C@]43C)(C2)[C@H]1O. The molecule has 0 amide bonds. The molecule has 4 saturated carbocycles. The molecule has 1 unspecified atom stereocenters. The zero-order valence-electron chi connectivity index (χ0n) is 30.4. The van der Waals surface area contributed by atoms with Crippen LogP contribution in [-0.4, -0.2) is 129 Å². The topological polar surface area (TPSA) is 228 Å². The Morgan fingerprint density at radius 1 is 1.04 bits per heavy atom. The first-order valence-electron chi connectivity index (χ1n) is 18.6. The van der Waals surface area contributed by atoms with Crippen LogP contribution < -0.4 is 0 Å². The molecule has 2 heterocycles. The summed E-state index contributed by atoms with van der Waals surface area (Å²) in [5.41, 5.74) is -2.15. The predicted octanol–water partition coefficient (Wildman–Crippen LogP) is 1.05. The van der Waals surface area contributed by atoms with Gasteiger partial charge in [-0.25, -0.2) is 0 Å². The first-order valence-corrected chi connectivity index (χ1v) is 18.6. The summed E-state index contributed by atoms with van der Waals surface area (Å²) in [6.07, 6.45) is -7.77. The normalized spacial score (nSPS) is 47.1. The van der Waals surface area contributed by atoms with Crippen molar-refractivity contribution in [3.63, 3.8) is 0 Å². The minimum atomic E-state index is -2.06. The van der Waals surface area contributed by atoms with Crippen LogP contribution in [0.4, 0.5) is 0 Å². The highest BCUT2D eigenvalue weighted by Gasteiger charge is 2.67. The molecule has 6 aliphatic rings. The molecule has 4 aliphatic carbocycles. The summed E-state index contributed by atoms with van der Waals surface area (Å²) in [4.78, 5) is 38.0. The van der Waals surface area contributed by atoms with E-state index in [1.54, 1.807) is 0 Å². The third-order valence-electron chi connectivity index (χ3n) is 13.2. The van der Waals surface area contributed by atoms with Gasteiger partial charge in [-0.15, -0.1) is 0 Å². The summed E-state index contributed by atoms with van der Waals surface area (Å²) in [5, 5.41) is 64.8. The highest BCUT2D eigenvalue weighted by atomic mass is 16.8. The molecule has 15 heteroatoms. The summed E-state index contributed by atoms with van der Waals surface area (Å²) in [6.45, 7) is 9.35. The number of aliphatic hydroxyl groups is 5. The Hall–Kier alpha value is -2.21. The lowest BCUT2D eigenvalue weighted by Crippen LogP contribution is -2.64. The molecule has 52 heavy (non-hydrogen) atoms. The van der Waals surface area contributed by atoms with Crippen LogP contribution in [0.25, 0.3) is 0 Å². The first kappa shape index (κ1) is 39.5. The van der Waals surface area contributed by atoms with Crippen molar-refractivity contribution < 1.29 is 73.4 Å². The van der Waals surface area contributed by atoms with E-state index >= 15 is 0 Å². The quantitative estimate of drug-likeness (QED) is 0.0989. The van der Waals surface area contributed by atoms with Gasteiger partial charge in [0.25, 0.3) is 0 Å². The molecule has 0 radical (unpaired) electrons. The first-order chi connectivity index (χ1) is 24.4. The van der Waals surface area contributed by atoms with Crippen molar-refractivity contribution in [1.29, 1.82) is 0 Å². The zero-order chi connectivity index (χ0) is 37.9. The molecule has 2 saturated heterocycles. The maximum Gasteiger partial charge on any atom is 0.306 e. The Morgan fingerprint density at radius 3 is 2.40 bits per heavy atom. The van der Waals surface area contributed by atoms with Crippen LogP contribution in [0, 0.1) is 40.4 Å². The second-order valence-electron chi connectivity index (χ2n) is 16.9. The van der Waals surface area contributed by atoms with Crippen molar-refractivity contribution in [2.45, 2.75) is 140 Å². The van der Waals surface area contributed by atoms with Crippen LogP contribution in [0.3, 0.4) is 0 Å². The Balaban J connectivity index is 1.33. The van der Waals surface area contributed by atoms with E-state index < -0.39 is 115 Å². The second-order valence-corrected chi connectivity index (χ2v) is 16.9. The lowest BCUT2D eigenvalue weighted by atomic mass is 9.43. The molecule has 15 nitrogen and oxygen atoms in total. The minimum Gasteiger partial charge on any atom is -0.481 e. The van der Waals surface area contributed by atoms with Crippen LogP contribution in [0.15, 0.2) is 12.2 Å². The van der Waals surface area contributed by atoms with Crippen molar-refractivity contribution in [2.24, 2.45) is 40.4 Å². The number of carbonyl (C=O) groups excluding carboxylic acids is 2. The van der Waals surface area contributed by atoms with Gasteiger partial charge >= 0.3 is 17.9 Å². The average molecular weight is 741 g/mol. The fraction of sp³-hybridized carbons (Fsp3) is 0.865. The van der Waals surface area contributed by atoms with E-state index in [2.05, 4.69) is 13.5 Å². The monoisotopic (exact) mass is 740 g/mol. The van der Waals surface area contributed by atoms with Crippen LogP contribution in [0.1, 0.15) is 79.1 Å². The van der Waals surface area contributed by atoms with Gasteiger partial charge in [0.05, 0.1) is 31.3 Å². The van der Waals surface area contributed by atoms with Gasteiger partial charge in [0, 0.05) is 18.8 Å². The number of carbonyl (C=O) groups is 3. The molecule has 0 aromatic heterocycles. The number of carboxylic acids is 1. The number of hydrogen-bond acceptors (Lipinski definition) is 14. The van der Waals surface area contributed by atoms with Crippen molar-refractivity contribution in [1.82, 2.24) is 0 Å². The molecular formula is C37H56O15. The average Bonchev–Trinajstić information content (AvgIpc) is 3.45. The minimum absolute atomic E-state index is 0.00494. The fourth-order valence-corrected chi connectivity index (χ4v) is 10.7. The van der Waals surface area contributed by atoms with Crippen LogP contribution >= 0.6 is 0 Å². The third-order valence-corrected chi connectivity index (χ3v) is 13.2. The Morgan fingerprint density at radius 2 is 1.77 bits per heavy atom. The number of aliphatic hydroxyl groups excluding tert-OH is 4. The number of rotatable bonds is 11. The molecule has 6 fully saturated rings. The highest BCUT2D eigenvalue weighted by Crippen LogP contribution is 2.70. The van der Waals surface area contributed by atoms with Crippen molar-refractivity contribution >= 4 is 17.9 Å². The molecular weight excluding hydrogens is 684 g/mol. The lowest BCUT2D eigenvalue weighted by Gasteiger charge is -2.62. The predicted molar refractivity (Wildman–Crippen MR) is 178 cm³/mol. The van der Waals surface area contributed by atoms with E-state index in [1.165, 1.54) is 6.92 Å². The summed E-state index contributed by atoms with van der Waals surface area (Å²) in [6, 6.07) is 0. The van der Waals surface area contributed by atoms with Gasteiger partial charge in [0.15, 0.2) is 18.7 Å². The molecule has 2 bridgehead atoms. The summed E-state index contributed by atoms with van der Waals surface area (Å²) in [5.74, 6) is -3.11. The molecule has 0 aromatic carbocycles. The molecule has 6 N–H and O–H groups in total. The standard InChI is InChI=1S/C37H56O15/c1-17(2)10-26(40)51-29-28(52-34-31(43)37(46,15-38)16-48-34)27(41)24(14-47-19(4)39)50-33(29)49-21-11-22(32(44)45)23-8-9-36-12-20(18(3)30(36)42)6-7-25(36)35(23,5)13-21/h17,20-25,27-31,33-34,38,41-43,46H,3,6-16H2,1-2,4-5H3,(H,44,45)/t20-,21-,22-,23?,24-,25+,27-,28+,29-,30+,31+,33-,34+,35-,36-,37-/m1/s1. The van der Waals surface area contributed by atoms with Crippen molar-refractivity contribution in [2.75, 3.05) is 19.8 Å². The van der Waals surface area contributed by atoms with Crippen LogP contribution in [0.2, 0.25) is 0 Å². The van der Waals surface area contributed by atoms with Crippen LogP contribution in [0.5, 0.6) is 0 Å². The number of fused-ring (bicyclic) bond motifs is 3. The number of esters is 2. The largest absolute Gasteiger partial charge is 0.481 e. The molecule has 16 atom stereocenters. The lowest BCUT2D eigenvalue weighted by molar-refractivity contribution is -0.343. The smallest absolute Gasteiger partial charge is 0.306 e. The maximum atomic E-state index is 13.2. The van der Waals surface area contributed by atoms with Gasteiger partial charge in [-0.05, 0) is 79.6 Å². The summed E-state index contributed by atoms with van der Waals surface area (Å²) in [7, 11) is 0. The number of carboxylic acid groups (broad SMARTS) is 1. The van der Waals surface area contributed by atoms with Crippen molar-refractivity contribution in [3.8, 4) is 0 Å². The van der Waals surface area contributed by atoms with Gasteiger partial charge < -0.3 is 59.1 Å². The van der Waals surface area contributed by atoms with Crippen molar-refractivity contribution in [3.05, 3.63) is 12.2 Å². The zero-order valence-corrected chi connectivity index (χ0v) is 30.4. The van der Waals surface area contributed by atoms with E-state index in [4.69, 9.17) is 28.4 Å². The Kier molecular flexibility index (Phi) is 11.2. The molecule has 294 valence electrons. The van der Waals surface area contributed by atoms with E-state index in [1.807, 2.05) is 13.8 Å². The van der Waals surface area contributed by atoms with Crippen LogP contribution in [-0.2, 0) is 42.8 Å².